The number of nitrogens with one attached hydrogen (secondary N) is 1. The third-order valence-corrected chi connectivity index (χ3v) is 4.80. The second kappa shape index (κ2) is 6.77. The molecular weight excluding hydrogens is 264 g/mol. The zero-order chi connectivity index (χ0) is 14.7. The van der Waals surface area contributed by atoms with Gasteiger partial charge in [0.15, 0.2) is 0 Å². The van der Waals surface area contributed by atoms with E-state index in [4.69, 9.17) is 4.74 Å². The standard InChI is InChI=1S/C17H26N2O2/c1-13-4-2-3-5-17(13)21-12-15(20)10-18-16-11-19-8-6-14(16)7-9-19/h2-5,14-16,18,20H,6-12H2,1H3/t15-,16-/m1/s1. The second-order valence-corrected chi connectivity index (χ2v) is 6.38. The summed E-state index contributed by atoms with van der Waals surface area (Å²) in [6.45, 7) is 6.62. The molecule has 0 spiro atoms. The van der Waals surface area contributed by atoms with Crippen molar-refractivity contribution in [3.63, 3.8) is 0 Å². The number of fused-ring (bicyclic) bond motifs is 3. The Kier molecular flexibility index (Phi) is 4.78. The number of hydrogen-bond acceptors (Lipinski definition) is 4. The van der Waals surface area contributed by atoms with Crippen molar-refractivity contribution >= 4 is 0 Å². The van der Waals surface area contributed by atoms with Crippen molar-refractivity contribution in [1.82, 2.24) is 10.2 Å². The highest BCUT2D eigenvalue weighted by molar-refractivity contribution is 5.31. The average Bonchev–Trinajstić information content (AvgIpc) is 2.53. The highest BCUT2D eigenvalue weighted by Crippen LogP contribution is 2.27. The molecule has 3 aliphatic rings. The summed E-state index contributed by atoms with van der Waals surface area (Å²) in [5.74, 6) is 1.65. The first-order valence-electron chi connectivity index (χ1n) is 8.04. The Bertz CT molecular complexity index is 458. The molecule has 21 heavy (non-hydrogen) atoms. The molecule has 4 heteroatoms. The van der Waals surface area contributed by atoms with Gasteiger partial charge in [-0.2, -0.15) is 0 Å². The van der Waals surface area contributed by atoms with Crippen LogP contribution in [-0.4, -0.2) is 54.9 Å². The van der Waals surface area contributed by atoms with Gasteiger partial charge < -0.3 is 20.1 Å². The van der Waals surface area contributed by atoms with E-state index in [1.807, 2.05) is 31.2 Å². The van der Waals surface area contributed by atoms with Gasteiger partial charge in [0, 0.05) is 19.1 Å². The fraction of sp³-hybridized carbons (Fsp3) is 0.647. The van der Waals surface area contributed by atoms with Crippen LogP contribution in [0.3, 0.4) is 0 Å². The molecule has 2 bridgehead atoms. The molecule has 1 aromatic rings. The number of aliphatic hydroxyl groups is 1. The first-order chi connectivity index (χ1) is 10.2. The molecule has 4 nitrogen and oxygen atoms in total. The van der Waals surface area contributed by atoms with Gasteiger partial charge in [-0.1, -0.05) is 18.2 Å². The van der Waals surface area contributed by atoms with E-state index in [9.17, 15) is 5.11 Å². The fourth-order valence-electron chi connectivity index (χ4n) is 3.45. The maximum Gasteiger partial charge on any atom is 0.122 e. The topological polar surface area (TPSA) is 44.7 Å². The minimum Gasteiger partial charge on any atom is -0.491 e. The van der Waals surface area contributed by atoms with Gasteiger partial charge in [0.25, 0.3) is 0 Å². The van der Waals surface area contributed by atoms with Crippen molar-refractivity contribution in [1.29, 1.82) is 0 Å². The summed E-state index contributed by atoms with van der Waals surface area (Å²) in [6.07, 6.45) is 2.14. The lowest BCUT2D eigenvalue weighted by Crippen LogP contribution is -2.57. The lowest BCUT2D eigenvalue weighted by Gasteiger charge is -2.45. The van der Waals surface area contributed by atoms with Crippen LogP contribution < -0.4 is 10.1 Å². The third kappa shape index (κ3) is 3.76. The van der Waals surface area contributed by atoms with E-state index in [0.717, 1.165) is 23.8 Å². The molecule has 0 radical (unpaired) electrons. The molecule has 0 aromatic heterocycles. The number of para-hydroxylation sites is 1. The highest BCUT2D eigenvalue weighted by atomic mass is 16.5. The molecule has 2 N–H and O–H groups in total. The Labute approximate surface area is 127 Å². The number of rotatable bonds is 6. The zero-order valence-corrected chi connectivity index (χ0v) is 12.8. The SMILES string of the molecule is Cc1ccccc1OC[C@H](O)CN[C@@H]1CN2CCC1CC2. The number of hydrogen-bond donors (Lipinski definition) is 2. The third-order valence-electron chi connectivity index (χ3n) is 4.80. The minimum atomic E-state index is -0.458. The fourth-order valence-corrected chi connectivity index (χ4v) is 3.45. The minimum absolute atomic E-state index is 0.346. The van der Waals surface area contributed by atoms with Crippen LogP contribution in [0.25, 0.3) is 0 Å². The van der Waals surface area contributed by atoms with Gasteiger partial charge in [-0.15, -0.1) is 0 Å². The molecule has 3 heterocycles. The van der Waals surface area contributed by atoms with Gasteiger partial charge in [0.2, 0.25) is 0 Å². The second-order valence-electron chi connectivity index (χ2n) is 6.38. The zero-order valence-electron chi connectivity index (χ0n) is 12.8. The number of piperidine rings is 3. The Balaban J connectivity index is 1.40. The van der Waals surface area contributed by atoms with Crippen molar-refractivity contribution in [3.8, 4) is 5.75 Å². The quantitative estimate of drug-likeness (QED) is 0.832. The molecular formula is C17H26N2O2. The molecule has 0 amide bonds. The lowest BCUT2D eigenvalue weighted by molar-refractivity contribution is 0.0550. The van der Waals surface area contributed by atoms with Crippen molar-refractivity contribution < 1.29 is 9.84 Å². The van der Waals surface area contributed by atoms with Crippen molar-refractivity contribution in [2.45, 2.75) is 31.9 Å². The van der Waals surface area contributed by atoms with Crippen LogP contribution in [0.2, 0.25) is 0 Å². The Hall–Kier alpha value is -1.10. The van der Waals surface area contributed by atoms with Gasteiger partial charge in [0.1, 0.15) is 18.5 Å². The predicted molar refractivity (Wildman–Crippen MR) is 83.6 cm³/mol. The first-order valence-corrected chi connectivity index (χ1v) is 8.04. The van der Waals surface area contributed by atoms with E-state index in [1.54, 1.807) is 0 Å². The summed E-state index contributed by atoms with van der Waals surface area (Å²) in [4.78, 5) is 2.52. The Morgan fingerprint density at radius 1 is 1.33 bits per heavy atom. The van der Waals surface area contributed by atoms with Crippen LogP contribution in [0.5, 0.6) is 5.75 Å². The Morgan fingerprint density at radius 2 is 2.10 bits per heavy atom. The summed E-state index contributed by atoms with van der Waals surface area (Å²) in [5.41, 5.74) is 1.11. The van der Waals surface area contributed by atoms with Crippen LogP contribution >= 0.6 is 0 Å². The van der Waals surface area contributed by atoms with Crippen molar-refractivity contribution in [2.24, 2.45) is 5.92 Å². The van der Waals surface area contributed by atoms with Gasteiger partial charge in [-0.05, 0) is 50.4 Å². The highest BCUT2D eigenvalue weighted by Gasteiger charge is 2.33. The smallest absolute Gasteiger partial charge is 0.122 e. The number of ether oxygens (including phenoxy) is 1. The van der Waals surface area contributed by atoms with Gasteiger partial charge >= 0.3 is 0 Å². The van der Waals surface area contributed by atoms with Gasteiger partial charge in [-0.3, -0.25) is 0 Å². The van der Waals surface area contributed by atoms with E-state index >= 15 is 0 Å². The molecule has 2 atom stereocenters. The van der Waals surface area contributed by atoms with E-state index in [1.165, 1.54) is 25.9 Å². The van der Waals surface area contributed by atoms with E-state index in [2.05, 4.69) is 10.2 Å². The first kappa shape index (κ1) is 14.8. The molecule has 3 saturated heterocycles. The van der Waals surface area contributed by atoms with E-state index in [-0.39, 0.29) is 0 Å². The molecule has 0 aliphatic carbocycles. The van der Waals surface area contributed by atoms with E-state index in [0.29, 0.717) is 19.2 Å². The van der Waals surface area contributed by atoms with Crippen LogP contribution in [0, 0.1) is 12.8 Å². The summed E-state index contributed by atoms with van der Waals surface area (Å²) in [7, 11) is 0. The van der Waals surface area contributed by atoms with Gasteiger partial charge in [-0.25, -0.2) is 0 Å². The van der Waals surface area contributed by atoms with Crippen LogP contribution in [0.1, 0.15) is 18.4 Å². The molecule has 3 fully saturated rings. The van der Waals surface area contributed by atoms with Crippen LogP contribution in [0.4, 0.5) is 0 Å². The molecule has 1 aromatic carbocycles. The molecule has 116 valence electrons. The maximum absolute atomic E-state index is 10.1. The van der Waals surface area contributed by atoms with E-state index < -0.39 is 6.10 Å². The molecule has 0 unspecified atom stereocenters. The average molecular weight is 290 g/mol. The monoisotopic (exact) mass is 290 g/mol. The van der Waals surface area contributed by atoms with Crippen LogP contribution in [-0.2, 0) is 0 Å². The van der Waals surface area contributed by atoms with Crippen molar-refractivity contribution in [2.75, 3.05) is 32.8 Å². The number of benzene rings is 1. The summed E-state index contributed by atoms with van der Waals surface area (Å²) >= 11 is 0. The molecule has 4 rings (SSSR count). The Morgan fingerprint density at radius 3 is 2.76 bits per heavy atom. The number of aryl methyl sites for hydroxylation is 1. The summed E-state index contributed by atoms with van der Waals surface area (Å²) in [6, 6.07) is 8.46. The largest absolute Gasteiger partial charge is 0.491 e. The molecule has 3 aliphatic heterocycles. The maximum atomic E-state index is 10.1. The van der Waals surface area contributed by atoms with Gasteiger partial charge in [0.05, 0.1) is 0 Å². The normalized spacial score (nSPS) is 29.3. The lowest BCUT2D eigenvalue weighted by atomic mass is 9.84. The van der Waals surface area contributed by atoms with Crippen LogP contribution in [0.15, 0.2) is 24.3 Å². The number of aliphatic hydroxyl groups excluding tert-OH is 1. The number of nitrogens with zero attached hydrogens (tertiary/aromatic N) is 1. The summed E-state index contributed by atoms with van der Waals surface area (Å²) < 4.78 is 5.70. The predicted octanol–water partition coefficient (Wildman–Crippen LogP) is 1.42. The molecule has 0 saturated carbocycles. The summed E-state index contributed by atoms with van der Waals surface area (Å²) in [5, 5.41) is 13.6. The van der Waals surface area contributed by atoms with Crippen molar-refractivity contribution in [3.05, 3.63) is 29.8 Å².